The number of rotatable bonds is 5. The minimum absolute atomic E-state index is 0.0501. The first kappa shape index (κ1) is 21.1. The van der Waals surface area contributed by atoms with Crippen molar-refractivity contribution in [2.24, 2.45) is 5.92 Å². The molecule has 29 heavy (non-hydrogen) atoms. The number of amides is 2. The van der Waals surface area contributed by atoms with Gasteiger partial charge in [0, 0.05) is 32.2 Å². The molecule has 0 aliphatic carbocycles. The van der Waals surface area contributed by atoms with Gasteiger partial charge in [-0.15, -0.1) is 0 Å². The zero-order chi connectivity index (χ0) is 21.0. The van der Waals surface area contributed by atoms with Gasteiger partial charge in [0.2, 0.25) is 11.8 Å². The van der Waals surface area contributed by atoms with Gasteiger partial charge >= 0.3 is 0 Å². The molecule has 1 fully saturated rings. The van der Waals surface area contributed by atoms with E-state index in [9.17, 15) is 14.0 Å². The predicted octanol–water partition coefficient (Wildman–Crippen LogP) is 3.96. The fourth-order valence-corrected chi connectivity index (χ4v) is 3.71. The van der Waals surface area contributed by atoms with Gasteiger partial charge in [0.25, 0.3) is 0 Å². The van der Waals surface area contributed by atoms with Crippen LogP contribution < -0.4 is 10.2 Å². The minimum atomic E-state index is -0.325. The lowest BCUT2D eigenvalue weighted by Gasteiger charge is -2.32. The largest absolute Gasteiger partial charge is 0.376 e. The van der Waals surface area contributed by atoms with Crippen LogP contribution in [0.3, 0.4) is 0 Å². The van der Waals surface area contributed by atoms with Gasteiger partial charge in [-0.3, -0.25) is 9.59 Å². The zero-order valence-corrected chi connectivity index (χ0v) is 17.4. The summed E-state index contributed by atoms with van der Waals surface area (Å²) in [6, 6.07) is 11.3. The first-order valence-corrected chi connectivity index (χ1v) is 10.0. The average molecular weight is 418 g/mol. The van der Waals surface area contributed by atoms with E-state index < -0.39 is 0 Å². The van der Waals surface area contributed by atoms with Gasteiger partial charge in [-0.1, -0.05) is 23.7 Å². The molecule has 1 saturated heterocycles. The molecule has 2 amide bonds. The summed E-state index contributed by atoms with van der Waals surface area (Å²) in [5.74, 6) is -0.774. The van der Waals surface area contributed by atoms with Crippen molar-refractivity contribution >= 4 is 34.8 Å². The number of carbonyl (C=O) groups is 2. The summed E-state index contributed by atoms with van der Waals surface area (Å²) in [4.78, 5) is 29.1. The second-order valence-corrected chi connectivity index (χ2v) is 7.96. The lowest BCUT2D eigenvalue weighted by Crippen LogP contribution is -2.44. The molecule has 1 aliphatic rings. The lowest BCUT2D eigenvalue weighted by atomic mass is 9.96. The predicted molar refractivity (Wildman–Crippen MR) is 114 cm³/mol. The molecule has 1 heterocycles. The highest BCUT2D eigenvalue weighted by molar-refractivity contribution is 6.31. The number of carbonyl (C=O) groups excluding carboxylic acids is 2. The second kappa shape index (κ2) is 9.27. The Balaban J connectivity index is 1.64. The van der Waals surface area contributed by atoms with Gasteiger partial charge < -0.3 is 15.1 Å². The molecular weight excluding hydrogens is 393 g/mol. The lowest BCUT2D eigenvalue weighted by molar-refractivity contribution is -0.133. The Morgan fingerprint density at radius 3 is 2.62 bits per heavy atom. The SMILES string of the molecule is CN(C)c1ccc(Cl)cc1NC(=O)C1CCCN(C(=O)Cc2ccc(F)cc2)C1. The quantitative estimate of drug-likeness (QED) is 0.801. The molecule has 5 nitrogen and oxygen atoms in total. The zero-order valence-electron chi connectivity index (χ0n) is 16.6. The summed E-state index contributed by atoms with van der Waals surface area (Å²) >= 11 is 6.10. The molecule has 0 bridgehead atoms. The third-order valence-electron chi connectivity index (χ3n) is 5.11. The Bertz CT molecular complexity index is 886. The molecule has 3 rings (SSSR count). The van der Waals surface area contributed by atoms with E-state index in [1.54, 1.807) is 29.2 Å². The fourth-order valence-electron chi connectivity index (χ4n) is 3.54. The molecule has 2 aromatic carbocycles. The highest BCUT2D eigenvalue weighted by Crippen LogP contribution is 2.29. The molecule has 1 aliphatic heterocycles. The van der Waals surface area contributed by atoms with Crippen molar-refractivity contribution in [1.29, 1.82) is 0 Å². The smallest absolute Gasteiger partial charge is 0.229 e. The highest BCUT2D eigenvalue weighted by atomic mass is 35.5. The van der Waals surface area contributed by atoms with Crippen molar-refractivity contribution in [1.82, 2.24) is 4.90 Å². The molecule has 7 heteroatoms. The number of likely N-dealkylation sites (tertiary alicyclic amines) is 1. The number of nitrogens with zero attached hydrogens (tertiary/aromatic N) is 2. The summed E-state index contributed by atoms with van der Waals surface area (Å²) in [5.41, 5.74) is 2.28. The number of anilines is 2. The molecule has 154 valence electrons. The van der Waals surface area contributed by atoms with E-state index in [-0.39, 0.29) is 30.0 Å². The van der Waals surface area contributed by atoms with Crippen molar-refractivity contribution < 1.29 is 14.0 Å². The van der Waals surface area contributed by atoms with Crippen molar-refractivity contribution in [2.45, 2.75) is 19.3 Å². The Morgan fingerprint density at radius 2 is 1.93 bits per heavy atom. The number of benzene rings is 2. The van der Waals surface area contributed by atoms with Gasteiger partial charge in [-0.05, 0) is 48.7 Å². The van der Waals surface area contributed by atoms with Gasteiger partial charge in [-0.2, -0.15) is 0 Å². The summed E-state index contributed by atoms with van der Waals surface area (Å²) in [6.45, 7) is 1.01. The fraction of sp³-hybridized carbons (Fsp3) is 0.364. The number of piperidine rings is 1. The molecule has 1 atom stereocenters. The number of halogens is 2. The van der Waals surface area contributed by atoms with Crippen molar-refractivity contribution in [3.05, 3.63) is 58.9 Å². The summed E-state index contributed by atoms with van der Waals surface area (Å²) in [7, 11) is 3.80. The maximum atomic E-state index is 13.0. The van der Waals surface area contributed by atoms with Crippen LogP contribution in [0.5, 0.6) is 0 Å². The van der Waals surface area contributed by atoms with E-state index in [2.05, 4.69) is 5.32 Å². The Labute approximate surface area is 175 Å². The number of nitrogens with one attached hydrogen (secondary N) is 1. The molecule has 0 spiro atoms. The van der Waals surface area contributed by atoms with Gasteiger partial charge in [-0.25, -0.2) is 4.39 Å². The van der Waals surface area contributed by atoms with E-state index in [1.807, 2.05) is 25.1 Å². The van der Waals surface area contributed by atoms with Gasteiger partial charge in [0.05, 0.1) is 23.7 Å². The maximum absolute atomic E-state index is 13.0. The first-order valence-electron chi connectivity index (χ1n) is 9.63. The van der Waals surface area contributed by atoms with Crippen LogP contribution in [0, 0.1) is 11.7 Å². The minimum Gasteiger partial charge on any atom is -0.376 e. The van der Waals surface area contributed by atoms with Crippen molar-refractivity contribution in [3.8, 4) is 0 Å². The van der Waals surface area contributed by atoms with Crippen LogP contribution in [-0.4, -0.2) is 43.9 Å². The molecular formula is C22H25ClFN3O2. The van der Waals surface area contributed by atoms with E-state index in [0.717, 1.165) is 24.1 Å². The Kier molecular flexibility index (Phi) is 6.75. The van der Waals surface area contributed by atoms with E-state index in [1.165, 1.54) is 12.1 Å². The van der Waals surface area contributed by atoms with E-state index in [4.69, 9.17) is 11.6 Å². The third kappa shape index (κ3) is 5.48. The molecule has 1 unspecified atom stereocenters. The first-order chi connectivity index (χ1) is 13.8. The van der Waals surface area contributed by atoms with Crippen LogP contribution in [0.2, 0.25) is 5.02 Å². The van der Waals surface area contributed by atoms with Crippen LogP contribution >= 0.6 is 11.6 Å². The molecule has 0 radical (unpaired) electrons. The molecule has 2 aromatic rings. The molecule has 0 aromatic heterocycles. The van der Waals surface area contributed by atoms with Crippen LogP contribution in [0.25, 0.3) is 0 Å². The molecule has 1 N–H and O–H groups in total. The van der Waals surface area contributed by atoms with E-state index in [0.29, 0.717) is 23.8 Å². The summed E-state index contributed by atoms with van der Waals surface area (Å²) in [5, 5.41) is 3.52. The van der Waals surface area contributed by atoms with Gasteiger partial charge in [0.15, 0.2) is 0 Å². The van der Waals surface area contributed by atoms with Crippen LogP contribution in [-0.2, 0) is 16.0 Å². The Hall–Kier alpha value is -2.60. The van der Waals surface area contributed by atoms with Crippen molar-refractivity contribution in [2.75, 3.05) is 37.4 Å². The third-order valence-corrected chi connectivity index (χ3v) is 5.35. The normalized spacial score (nSPS) is 16.4. The van der Waals surface area contributed by atoms with Gasteiger partial charge in [0.1, 0.15) is 5.82 Å². The second-order valence-electron chi connectivity index (χ2n) is 7.53. The summed E-state index contributed by atoms with van der Waals surface area (Å²) in [6.07, 6.45) is 1.70. The summed E-state index contributed by atoms with van der Waals surface area (Å²) < 4.78 is 13.0. The van der Waals surface area contributed by atoms with Crippen LogP contribution in [0.1, 0.15) is 18.4 Å². The topological polar surface area (TPSA) is 52.7 Å². The Morgan fingerprint density at radius 1 is 1.21 bits per heavy atom. The monoisotopic (exact) mass is 417 g/mol. The molecule has 0 saturated carbocycles. The standard InChI is InChI=1S/C22H25ClFN3O2/c1-26(2)20-10-7-17(23)13-19(20)25-22(29)16-4-3-11-27(14-16)21(28)12-15-5-8-18(24)9-6-15/h5-10,13,16H,3-4,11-12,14H2,1-2H3,(H,25,29). The number of hydrogen-bond acceptors (Lipinski definition) is 3. The van der Waals surface area contributed by atoms with Crippen molar-refractivity contribution in [3.63, 3.8) is 0 Å². The van der Waals surface area contributed by atoms with E-state index >= 15 is 0 Å². The maximum Gasteiger partial charge on any atom is 0.229 e. The van der Waals surface area contributed by atoms with Crippen LogP contribution in [0.15, 0.2) is 42.5 Å². The van der Waals surface area contributed by atoms with Crippen LogP contribution in [0.4, 0.5) is 15.8 Å². The average Bonchev–Trinajstić information content (AvgIpc) is 2.69. The number of hydrogen-bond donors (Lipinski definition) is 1. The highest BCUT2D eigenvalue weighted by Gasteiger charge is 2.29.